The van der Waals surface area contributed by atoms with Crippen molar-refractivity contribution in [1.29, 1.82) is 5.26 Å². The molecule has 2 aromatic rings. The van der Waals surface area contributed by atoms with Crippen LogP contribution in [0.4, 0.5) is 0 Å². The number of carbonyl (C=O) groups excluding carboxylic acids is 1. The third-order valence-corrected chi connectivity index (χ3v) is 4.23. The fourth-order valence-electron chi connectivity index (χ4n) is 1.86. The van der Waals surface area contributed by atoms with Crippen molar-refractivity contribution in [2.75, 3.05) is 6.54 Å². The summed E-state index contributed by atoms with van der Waals surface area (Å²) >= 11 is 5.57. The van der Waals surface area contributed by atoms with Crippen molar-refractivity contribution in [3.05, 3.63) is 56.0 Å². The number of halogens is 2. The Hall–Kier alpha value is -1.33. The number of carbonyl (C=O) groups is 1. The number of furan rings is 1. The van der Waals surface area contributed by atoms with Crippen molar-refractivity contribution >= 4 is 44.4 Å². The minimum Gasteiger partial charge on any atom is -0.467 e. The quantitative estimate of drug-likeness (QED) is 0.631. The monoisotopic (exact) mass is 458 g/mol. The Kier molecular flexibility index (Phi) is 5.82. The van der Waals surface area contributed by atoms with E-state index >= 15 is 0 Å². The normalized spacial score (nSPS) is 10.1. The molecule has 21 heavy (non-hydrogen) atoms. The topological polar surface area (TPSA) is 57.2 Å². The Balaban J connectivity index is 2.24. The molecule has 0 saturated carbocycles. The van der Waals surface area contributed by atoms with E-state index in [1.165, 1.54) is 0 Å². The molecule has 0 aliphatic rings. The van der Waals surface area contributed by atoms with Crippen molar-refractivity contribution in [2.24, 2.45) is 0 Å². The molecular formula is C15H12BrIN2O2. The van der Waals surface area contributed by atoms with Crippen molar-refractivity contribution in [3.63, 3.8) is 0 Å². The van der Waals surface area contributed by atoms with Gasteiger partial charge in [0.1, 0.15) is 5.76 Å². The summed E-state index contributed by atoms with van der Waals surface area (Å²) in [6, 6.07) is 11.3. The summed E-state index contributed by atoms with van der Waals surface area (Å²) in [5.74, 6) is 0.579. The summed E-state index contributed by atoms with van der Waals surface area (Å²) in [4.78, 5) is 14.3. The molecule has 2 rings (SSSR count). The lowest BCUT2D eigenvalue weighted by Gasteiger charge is -2.21. The highest BCUT2D eigenvalue weighted by Crippen LogP contribution is 2.22. The number of hydrogen-bond donors (Lipinski definition) is 0. The van der Waals surface area contributed by atoms with Gasteiger partial charge in [-0.2, -0.15) is 5.26 Å². The van der Waals surface area contributed by atoms with Crippen LogP contribution in [-0.2, 0) is 6.54 Å². The third-order valence-electron chi connectivity index (χ3n) is 2.87. The van der Waals surface area contributed by atoms with E-state index in [4.69, 9.17) is 9.68 Å². The lowest BCUT2D eigenvalue weighted by atomic mass is 10.2. The molecule has 0 saturated heterocycles. The minimum absolute atomic E-state index is 0.118. The van der Waals surface area contributed by atoms with Crippen LogP contribution >= 0.6 is 38.5 Å². The molecule has 0 spiro atoms. The number of hydrogen-bond acceptors (Lipinski definition) is 3. The molecule has 0 atom stereocenters. The number of rotatable bonds is 5. The summed E-state index contributed by atoms with van der Waals surface area (Å²) in [6.07, 6.45) is 1.86. The van der Waals surface area contributed by atoms with Gasteiger partial charge in [-0.15, -0.1) is 0 Å². The van der Waals surface area contributed by atoms with E-state index in [0.29, 0.717) is 24.4 Å². The molecule has 4 nitrogen and oxygen atoms in total. The van der Waals surface area contributed by atoms with Crippen LogP contribution in [0.5, 0.6) is 0 Å². The van der Waals surface area contributed by atoms with Gasteiger partial charge in [0.2, 0.25) is 0 Å². The molecule has 0 fully saturated rings. The second-order valence-electron chi connectivity index (χ2n) is 4.34. The van der Waals surface area contributed by atoms with Gasteiger partial charge in [-0.1, -0.05) is 0 Å². The SMILES string of the molecule is N#CCCN(Cc1ccco1)C(=O)c1cc(I)ccc1Br. The number of benzene rings is 1. The van der Waals surface area contributed by atoms with E-state index in [1.54, 1.807) is 17.2 Å². The number of nitriles is 1. The van der Waals surface area contributed by atoms with Crippen LogP contribution in [0.3, 0.4) is 0 Å². The van der Waals surface area contributed by atoms with Gasteiger partial charge >= 0.3 is 0 Å². The minimum atomic E-state index is -0.118. The zero-order valence-corrected chi connectivity index (χ0v) is 14.8. The first-order valence-corrected chi connectivity index (χ1v) is 8.12. The molecule has 0 unspecified atom stereocenters. The van der Waals surface area contributed by atoms with Gasteiger partial charge in [-0.3, -0.25) is 4.79 Å². The third kappa shape index (κ3) is 4.32. The largest absolute Gasteiger partial charge is 0.467 e. The maximum absolute atomic E-state index is 12.7. The molecule has 0 aliphatic carbocycles. The van der Waals surface area contributed by atoms with Crippen LogP contribution in [0.15, 0.2) is 45.5 Å². The maximum atomic E-state index is 12.7. The molecule has 1 aromatic carbocycles. The zero-order chi connectivity index (χ0) is 15.2. The summed E-state index contributed by atoms with van der Waals surface area (Å²) in [5, 5.41) is 8.77. The Bertz CT molecular complexity index is 665. The summed E-state index contributed by atoms with van der Waals surface area (Å²) in [5.41, 5.74) is 0.589. The first-order chi connectivity index (χ1) is 10.1. The highest BCUT2D eigenvalue weighted by atomic mass is 127. The average Bonchev–Trinajstić information content (AvgIpc) is 2.98. The molecule has 1 heterocycles. The lowest BCUT2D eigenvalue weighted by molar-refractivity contribution is 0.0734. The first-order valence-electron chi connectivity index (χ1n) is 6.25. The Morgan fingerprint density at radius 3 is 2.90 bits per heavy atom. The van der Waals surface area contributed by atoms with Gasteiger partial charge in [0, 0.05) is 14.6 Å². The maximum Gasteiger partial charge on any atom is 0.255 e. The van der Waals surface area contributed by atoms with Gasteiger partial charge in [-0.05, 0) is 68.9 Å². The Labute approximate surface area is 145 Å². The first kappa shape index (κ1) is 16.0. The second-order valence-corrected chi connectivity index (χ2v) is 6.44. The molecule has 0 bridgehead atoms. The molecule has 6 heteroatoms. The molecule has 0 aliphatic heterocycles. The van der Waals surface area contributed by atoms with Gasteiger partial charge < -0.3 is 9.32 Å². The van der Waals surface area contributed by atoms with Crippen molar-refractivity contribution in [3.8, 4) is 6.07 Å². The van der Waals surface area contributed by atoms with Crippen molar-refractivity contribution in [2.45, 2.75) is 13.0 Å². The van der Waals surface area contributed by atoms with E-state index in [0.717, 1.165) is 8.04 Å². The number of amides is 1. The van der Waals surface area contributed by atoms with Gasteiger partial charge in [0.25, 0.3) is 5.91 Å². The standard InChI is InChI=1S/C15H12BrIN2O2/c16-14-5-4-11(17)9-13(14)15(20)19(7-2-6-18)10-12-3-1-8-21-12/h1,3-5,8-9H,2,7,10H2. The van der Waals surface area contributed by atoms with Crippen LogP contribution in [-0.4, -0.2) is 17.4 Å². The predicted octanol–water partition coefficient (Wildman–Crippen LogP) is 4.20. The summed E-state index contributed by atoms with van der Waals surface area (Å²) in [7, 11) is 0. The van der Waals surface area contributed by atoms with Gasteiger partial charge in [-0.25, -0.2) is 0 Å². The van der Waals surface area contributed by atoms with Crippen LogP contribution in [0.25, 0.3) is 0 Å². The fraction of sp³-hybridized carbons (Fsp3) is 0.200. The number of nitrogens with zero attached hydrogens (tertiary/aromatic N) is 2. The van der Waals surface area contributed by atoms with E-state index in [1.807, 2.05) is 24.3 Å². The van der Waals surface area contributed by atoms with Gasteiger partial charge in [0.15, 0.2) is 0 Å². The highest BCUT2D eigenvalue weighted by Gasteiger charge is 2.19. The summed E-state index contributed by atoms with van der Waals surface area (Å²) in [6.45, 7) is 0.722. The molecular weight excluding hydrogens is 447 g/mol. The molecule has 1 amide bonds. The van der Waals surface area contributed by atoms with Crippen LogP contribution in [0, 0.1) is 14.9 Å². The van der Waals surface area contributed by atoms with Crippen LogP contribution in [0.1, 0.15) is 22.5 Å². The lowest BCUT2D eigenvalue weighted by Crippen LogP contribution is -2.31. The van der Waals surface area contributed by atoms with Crippen molar-refractivity contribution < 1.29 is 9.21 Å². The highest BCUT2D eigenvalue weighted by molar-refractivity contribution is 14.1. The smallest absolute Gasteiger partial charge is 0.255 e. The molecule has 0 N–H and O–H groups in total. The zero-order valence-electron chi connectivity index (χ0n) is 11.1. The van der Waals surface area contributed by atoms with E-state index in [2.05, 4.69) is 44.6 Å². The van der Waals surface area contributed by atoms with E-state index in [9.17, 15) is 4.79 Å². The van der Waals surface area contributed by atoms with Crippen LogP contribution < -0.4 is 0 Å². The molecule has 108 valence electrons. The van der Waals surface area contributed by atoms with E-state index < -0.39 is 0 Å². The van der Waals surface area contributed by atoms with E-state index in [-0.39, 0.29) is 12.3 Å². The molecule has 1 aromatic heterocycles. The molecule has 0 radical (unpaired) electrons. The second kappa shape index (κ2) is 7.61. The predicted molar refractivity (Wildman–Crippen MR) is 90.5 cm³/mol. The van der Waals surface area contributed by atoms with Crippen LogP contribution in [0.2, 0.25) is 0 Å². The van der Waals surface area contributed by atoms with Crippen molar-refractivity contribution in [1.82, 2.24) is 4.90 Å². The summed E-state index contributed by atoms with van der Waals surface area (Å²) < 4.78 is 7.02. The Morgan fingerprint density at radius 1 is 1.43 bits per heavy atom. The Morgan fingerprint density at radius 2 is 2.24 bits per heavy atom. The fourth-order valence-corrected chi connectivity index (χ4v) is 2.77. The average molecular weight is 459 g/mol. The van der Waals surface area contributed by atoms with Gasteiger partial charge in [0.05, 0.1) is 30.9 Å².